The number of rotatable bonds is 6. The number of allylic oxidation sites excluding steroid dienone is 3. The SMILES string of the molecule is C#CC1(OC(O)C2C=CC(C)=CC2)CCC(C2CCC(CCC)CC2)CC1. The van der Waals surface area contributed by atoms with Gasteiger partial charge in [-0.2, -0.15) is 0 Å². The van der Waals surface area contributed by atoms with E-state index in [1.165, 1.54) is 44.1 Å². The zero-order valence-corrected chi connectivity index (χ0v) is 17.3. The summed E-state index contributed by atoms with van der Waals surface area (Å²) in [6.07, 6.45) is 24.7. The van der Waals surface area contributed by atoms with E-state index in [0.717, 1.165) is 49.9 Å². The maximum absolute atomic E-state index is 10.6. The van der Waals surface area contributed by atoms with E-state index in [9.17, 15) is 5.11 Å². The van der Waals surface area contributed by atoms with Crippen molar-refractivity contribution < 1.29 is 9.84 Å². The average Bonchev–Trinajstić information content (AvgIpc) is 2.70. The van der Waals surface area contributed by atoms with Crippen molar-refractivity contribution in [3.05, 3.63) is 23.8 Å². The number of aliphatic hydroxyl groups excluding tert-OH is 1. The lowest BCUT2D eigenvalue weighted by molar-refractivity contribution is -0.193. The summed E-state index contributed by atoms with van der Waals surface area (Å²) in [5.41, 5.74) is 0.679. The third-order valence-corrected chi connectivity index (χ3v) is 7.39. The molecule has 3 aliphatic carbocycles. The van der Waals surface area contributed by atoms with Crippen molar-refractivity contribution in [1.82, 2.24) is 0 Å². The molecule has 150 valence electrons. The molecule has 0 aromatic heterocycles. The fourth-order valence-corrected chi connectivity index (χ4v) is 5.50. The van der Waals surface area contributed by atoms with Crippen LogP contribution in [0.5, 0.6) is 0 Å². The Bertz CT molecular complexity index is 566. The van der Waals surface area contributed by atoms with Crippen LogP contribution in [0.4, 0.5) is 0 Å². The van der Waals surface area contributed by atoms with Crippen LogP contribution in [0.1, 0.15) is 84.5 Å². The Morgan fingerprint density at radius 1 is 1.19 bits per heavy atom. The van der Waals surface area contributed by atoms with E-state index in [-0.39, 0.29) is 5.92 Å². The highest BCUT2D eigenvalue weighted by Gasteiger charge is 2.40. The quantitative estimate of drug-likeness (QED) is 0.458. The first kappa shape index (κ1) is 20.7. The first-order chi connectivity index (χ1) is 13.0. The van der Waals surface area contributed by atoms with Crippen molar-refractivity contribution in [2.24, 2.45) is 23.7 Å². The van der Waals surface area contributed by atoms with E-state index in [0.29, 0.717) is 0 Å². The molecule has 2 saturated carbocycles. The number of hydrogen-bond acceptors (Lipinski definition) is 2. The van der Waals surface area contributed by atoms with Crippen molar-refractivity contribution in [3.63, 3.8) is 0 Å². The molecule has 0 heterocycles. The van der Waals surface area contributed by atoms with Crippen LogP contribution >= 0.6 is 0 Å². The van der Waals surface area contributed by atoms with Crippen molar-refractivity contribution in [3.8, 4) is 12.3 Å². The predicted octanol–water partition coefficient (Wildman–Crippen LogP) is 6.01. The van der Waals surface area contributed by atoms with Crippen LogP contribution in [-0.2, 0) is 4.74 Å². The number of aliphatic hydroxyl groups is 1. The Hall–Kier alpha value is -1.04. The van der Waals surface area contributed by atoms with Crippen LogP contribution in [-0.4, -0.2) is 17.0 Å². The lowest BCUT2D eigenvalue weighted by Gasteiger charge is -2.42. The lowest BCUT2D eigenvalue weighted by Crippen LogP contribution is -2.42. The number of ether oxygens (including phenoxy) is 1. The maximum Gasteiger partial charge on any atom is 0.163 e. The van der Waals surface area contributed by atoms with Crippen molar-refractivity contribution in [2.45, 2.75) is 96.4 Å². The van der Waals surface area contributed by atoms with Crippen LogP contribution in [0.25, 0.3) is 0 Å². The van der Waals surface area contributed by atoms with Gasteiger partial charge in [0.2, 0.25) is 0 Å². The molecule has 2 heteroatoms. The summed E-state index contributed by atoms with van der Waals surface area (Å²) >= 11 is 0. The zero-order valence-electron chi connectivity index (χ0n) is 17.3. The summed E-state index contributed by atoms with van der Waals surface area (Å²) in [5, 5.41) is 10.6. The Morgan fingerprint density at radius 3 is 2.41 bits per heavy atom. The first-order valence-electron chi connectivity index (χ1n) is 11.2. The topological polar surface area (TPSA) is 29.5 Å². The van der Waals surface area contributed by atoms with Crippen LogP contribution in [0, 0.1) is 36.0 Å². The highest BCUT2D eigenvalue weighted by Crippen LogP contribution is 2.44. The molecular weight excluding hydrogens is 332 g/mol. The molecule has 3 aliphatic rings. The zero-order chi connectivity index (χ0) is 19.3. The summed E-state index contributed by atoms with van der Waals surface area (Å²) < 4.78 is 6.13. The molecule has 3 rings (SSSR count). The Kier molecular flexibility index (Phi) is 7.23. The van der Waals surface area contributed by atoms with Gasteiger partial charge in [-0.05, 0) is 69.6 Å². The van der Waals surface area contributed by atoms with E-state index >= 15 is 0 Å². The molecule has 0 aromatic rings. The van der Waals surface area contributed by atoms with E-state index in [2.05, 4.69) is 38.0 Å². The second-order valence-electron chi connectivity index (χ2n) is 9.26. The van der Waals surface area contributed by atoms with Crippen molar-refractivity contribution >= 4 is 0 Å². The molecule has 2 nitrogen and oxygen atoms in total. The third-order valence-electron chi connectivity index (χ3n) is 7.39. The van der Waals surface area contributed by atoms with Gasteiger partial charge in [0.25, 0.3) is 0 Å². The molecule has 2 unspecified atom stereocenters. The summed E-state index contributed by atoms with van der Waals surface area (Å²) in [6.45, 7) is 4.39. The number of terminal acetylenes is 1. The van der Waals surface area contributed by atoms with Gasteiger partial charge >= 0.3 is 0 Å². The van der Waals surface area contributed by atoms with Crippen LogP contribution < -0.4 is 0 Å². The predicted molar refractivity (Wildman–Crippen MR) is 112 cm³/mol. The van der Waals surface area contributed by atoms with Crippen LogP contribution in [0.2, 0.25) is 0 Å². The summed E-state index contributed by atoms with van der Waals surface area (Å²) in [4.78, 5) is 0. The standard InChI is InChI=1S/C25H38O2/c1-4-6-20-9-13-21(14-10-20)22-15-17-25(5-2,18-16-22)27-24(26)23-11-7-19(3)8-12-23/h2,7-8,11,20-24,26H,4,6,9-10,12-18H2,1,3H3. The summed E-state index contributed by atoms with van der Waals surface area (Å²) in [7, 11) is 0. The Morgan fingerprint density at radius 2 is 1.85 bits per heavy atom. The molecule has 0 saturated heterocycles. The van der Waals surface area contributed by atoms with Gasteiger partial charge in [0.15, 0.2) is 6.29 Å². The molecule has 1 N–H and O–H groups in total. The monoisotopic (exact) mass is 370 g/mol. The molecule has 0 amide bonds. The van der Waals surface area contributed by atoms with Crippen LogP contribution in [0.15, 0.2) is 23.8 Å². The molecular formula is C25H38O2. The van der Waals surface area contributed by atoms with Gasteiger partial charge in [0.05, 0.1) is 0 Å². The smallest absolute Gasteiger partial charge is 0.163 e. The van der Waals surface area contributed by atoms with Gasteiger partial charge in [-0.1, -0.05) is 62.3 Å². The van der Waals surface area contributed by atoms with E-state index < -0.39 is 11.9 Å². The lowest BCUT2D eigenvalue weighted by atomic mass is 9.68. The molecule has 27 heavy (non-hydrogen) atoms. The molecule has 0 bridgehead atoms. The fraction of sp³-hybridized carbons (Fsp3) is 0.760. The minimum atomic E-state index is -0.803. The van der Waals surface area contributed by atoms with Gasteiger partial charge in [0.1, 0.15) is 5.60 Å². The first-order valence-corrected chi connectivity index (χ1v) is 11.2. The third kappa shape index (κ3) is 5.27. The normalized spacial score (nSPS) is 38.1. The van der Waals surface area contributed by atoms with E-state index in [1.807, 2.05) is 0 Å². The molecule has 0 spiro atoms. The van der Waals surface area contributed by atoms with E-state index in [4.69, 9.17) is 11.2 Å². The molecule has 0 radical (unpaired) electrons. The second kappa shape index (κ2) is 9.44. The minimum absolute atomic E-state index is 0.0190. The Balaban J connectivity index is 1.49. The summed E-state index contributed by atoms with van der Waals surface area (Å²) in [5.74, 6) is 5.60. The van der Waals surface area contributed by atoms with Gasteiger partial charge in [0, 0.05) is 5.92 Å². The van der Waals surface area contributed by atoms with Gasteiger partial charge in [-0.25, -0.2) is 0 Å². The molecule has 2 fully saturated rings. The van der Waals surface area contributed by atoms with Gasteiger partial charge in [-0.15, -0.1) is 6.42 Å². The fourth-order valence-electron chi connectivity index (χ4n) is 5.50. The van der Waals surface area contributed by atoms with Crippen LogP contribution in [0.3, 0.4) is 0 Å². The van der Waals surface area contributed by atoms with E-state index in [1.54, 1.807) is 0 Å². The average molecular weight is 371 g/mol. The minimum Gasteiger partial charge on any atom is -0.367 e. The van der Waals surface area contributed by atoms with Gasteiger partial charge in [-0.3, -0.25) is 0 Å². The maximum atomic E-state index is 10.6. The summed E-state index contributed by atoms with van der Waals surface area (Å²) in [6, 6.07) is 0. The Labute approximate surface area is 166 Å². The highest BCUT2D eigenvalue weighted by molar-refractivity contribution is 5.22. The van der Waals surface area contributed by atoms with Crippen molar-refractivity contribution in [2.75, 3.05) is 0 Å². The van der Waals surface area contributed by atoms with Gasteiger partial charge < -0.3 is 9.84 Å². The largest absolute Gasteiger partial charge is 0.367 e. The highest BCUT2D eigenvalue weighted by atomic mass is 16.6. The van der Waals surface area contributed by atoms with Crippen molar-refractivity contribution in [1.29, 1.82) is 0 Å². The number of hydrogen-bond donors (Lipinski definition) is 1. The molecule has 0 aliphatic heterocycles. The molecule has 2 atom stereocenters. The molecule has 0 aromatic carbocycles. The second-order valence-corrected chi connectivity index (χ2v) is 9.26.